The first-order valence-corrected chi connectivity index (χ1v) is 7.89. The summed E-state index contributed by atoms with van der Waals surface area (Å²) < 4.78 is 6.60. The highest BCUT2D eigenvalue weighted by atomic mass is 79.9. The van der Waals surface area contributed by atoms with Crippen molar-refractivity contribution in [1.82, 2.24) is 0 Å². The molecule has 2 nitrogen and oxygen atoms in total. The molecule has 0 saturated heterocycles. The second-order valence-corrected chi connectivity index (χ2v) is 6.51. The average Bonchev–Trinajstić information content (AvgIpc) is 2.41. The van der Waals surface area contributed by atoms with Gasteiger partial charge in [0, 0.05) is 15.1 Å². The Kier molecular flexibility index (Phi) is 4.97. The molecule has 21 heavy (non-hydrogen) atoms. The number of halogens is 2. The summed E-state index contributed by atoms with van der Waals surface area (Å²) in [6.45, 7) is 6.05. The number of rotatable bonds is 3. The molecular formula is C17H19BrClNO. The number of aryl methyl sites for hydroxylation is 2. The van der Waals surface area contributed by atoms with Gasteiger partial charge in [0.1, 0.15) is 5.75 Å². The predicted octanol–water partition coefficient (Wildman–Crippen LogP) is 5.08. The summed E-state index contributed by atoms with van der Waals surface area (Å²) in [5.74, 6) is 0.819. The minimum Gasteiger partial charge on any atom is -0.496 e. The Labute approximate surface area is 139 Å². The van der Waals surface area contributed by atoms with Gasteiger partial charge in [0.05, 0.1) is 13.2 Å². The van der Waals surface area contributed by atoms with Gasteiger partial charge in [0.15, 0.2) is 0 Å². The third-order valence-electron chi connectivity index (χ3n) is 3.71. The fourth-order valence-corrected chi connectivity index (χ4v) is 3.47. The summed E-state index contributed by atoms with van der Waals surface area (Å²) in [4.78, 5) is 0. The molecule has 0 aliphatic carbocycles. The van der Waals surface area contributed by atoms with Crippen molar-refractivity contribution in [3.63, 3.8) is 0 Å². The van der Waals surface area contributed by atoms with Gasteiger partial charge in [-0.1, -0.05) is 39.7 Å². The lowest BCUT2D eigenvalue weighted by atomic mass is 9.92. The van der Waals surface area contributed by atoms with Crippen LogP contribution in [0, 0.1) is 20.8 Å². The van der Waals surface area contributed by atoms with Gasteiger partial charge in [0.2, 0.25) is 0 Å². The topological polar surface area (TPSA) is 35.2 Å². The van der Waals surface area contributed by atoms with Crippen molar-refractivity contribution in [2.75, 3.05) is 7.11 Å². The Balaban J connectivity index is 2.65. The molecule has 0 heterocycles. The molecule has 0 aliphatic heterocycles. The SMILES string of the molecule is COc1c(C)cc(Br)c(C)c1C(N)c1ccc(C)cc1Cl. The van der Waals surface area contributed by atoms with Crippen LogP contribution in [0.15, 0.2) is 28.7 Å². The van der Waals surface area contributed by atoms with Crippen molar-refractivity contribution in [2.24, 2.45) is 5.73 Å². The fraction of sp³-hybridized carbons (Fsp3) is 0.294. The van der Waals surface area contributed by atoms with Gasteiger partial charge in [-0.05, 0) is 55.2 Å². The maximum Gasteiger partial charge on any atom is 0.127 e. The van der Waals surface area contributed by atoms with Crippen LogP contribution in [-0.4, -0.2) is 7.11 Å². The van der Waals surface area contributed by atoms with E-state index in [1.165, 1.54) is 0 Å². The van der Waals surface area contributed by atoms with Crippen LogP contribution >= 0.6 is 27.5 Å². The van der Waals surface area contributed by atoms with Crippen LogP contribution in [-0.2, 0) is 0 Å². The van der Waals surface area contributed by atoms with E-state index in [4.69, 9.17) is 22.1 Å². The molecule has 1 atom stereocenters. The van der Waals surface area contributed by atoms with Gasteiger partial charge in [-0.25, -0.2) is 0 Å². The van der Waals surface area contributed by atoms with Crippen molar-refractivity contribution in [3.8, 4) is 5.75 Å². The Hall–Kier alpha value is -1.03. The number of nitrogens with two attached hydrogens (primary N) is 1. The van der Waals surface area contributed by atoms with Crippen LogP contribution in [0.5, 0.6) is 5.75 Å². The molecule has 0 saturated carbocycles. The largest absolute Gasteiger partial charge is 0.496 e. The zero-order chi connectivity index (χ0) is 15.7. The van der Waals surface area contributed by atoms with Gasteiger partial charge in [-0.2, -0.15) is 0 Å². The Morgan fingerprint density at radius 3 is 2.43 bits per heavy atom. The van der Waals surface area contributed by atoms with Gasteiger partial charge in [-0.15, -0.1) is 0 Å². The van der Waals surface area contributed by atoms with Gasteiger partial charge < -0.3 is 10.5 Å². The van der Waals surface area contributed by atoms with Crippen LogP contribution in [0.3, 0.4) is 0 Å². The van der Waals surface area contributed by atoms with Crippen LogP contribution in [0.25, 0.3) is 0 Å². The molecule has 2 aromatic carbocycles. The van der Waals surface area contributed by atoms with Crippen LogP contribution in [0.2, 0.25) is 5.02 Å². The smallest absolute Gasteiger partial charge is 0.127 e. The Bertz CT molecular complexity index is 685. The monoisotopic (exact) mass is 367 g/mol. The first-order chi connectivity index (χ1) is 9.86. The summed E-state index contributed by atoms with van der Waals surface area (Å²) in [7, 11) is 1.67. The standard InChI is InChI=1S/C17H19BrClNO/c1-9-5-6-12(14(19)7-9)16(20)15-11(3)13(18)8-10(2)17(15)21-4/h5-8,16H,20H2,1-4H3. The molecule has 0 spiro atoms. The maximum absolute atomic E-state index is 6.50. The molecule has 0 aromatic heterocycles. The molecule has 1 unspecified atom stereocenters. The van der Waals surface area contributed by atoms with Crippen LogP contribution in [0.4, 0.5) is 0 Å². The molecule has 4 heteroatoms. The minimum atomic E-state index is -0.329. The van der Waals surface area contributed by atoms with Crippen molar-refractivity contribution < 1.29 is 4.74 Å². The quantitative estimate of drug-likeness (QED) is 0.819. The van der Waals surface area contributed by atoms with Crippen molar-refractivity contribution >= 4 is 27.5 Å². The first-order valence-electron chi connectivity index (χ1n) is 6.72. The van der Waals surface area contributed by atoms with E-state index in [1.807, 2.05) is 45.0 Å². The summed E-state index contributed by atoms with van der Waals surface area (Å²) in [6.07, 6.45) is 0. The van der Waals surface area contributed by atoms with Crippen LogP contribution < -0.4 is 10.5 Å². The van der Waals surface area contributed by atoms with Crippen molar-refractivity contribution in [3.05, 3.63) is 61.6 Å². The van der Waals surface area contributed by atoms with E-state index in [-0.39, 0.29) is 6.04 Å². The van der Waals surface area contributed by atoms with E-state index < -0.39 is 0 Å². The second kappa shape index (κ2) is 6.39. The lowest BCUT2D eigenvalue weighted by molar-refractivity contribution is 0.404. The van der Waals surface area contributed by atoms with Crippen molar-refractivity contribution in [2.45, 2.75) is 26.8 Å². The molecular weight excluding hydrogens is 350 g/mol. The molecule has 0 amide bonds. The zero-order valence-corrected chi connectivity index (χ0v) is 15.0. The summed E-state index contributed by atoms with van der Waals surface area (Å²) in [5.41, 5.74) is 11.6. The van der Waals surface area contributed by atoms with E-state index in [0.29, 0.717) is 5.02 Å². The number of benzene rings is 2. The fourth-order valence-electron chi connectivity index (χ4n) is 2.56. The molecule has 0 aliphatic rings. The zero-order valence-electron chi connectivity index (χ0n) is 12.6. The molecule has 2 rings (SSSR count). The van der Waals surface area contributed by atoms with E-state index in [0.717, 1.165) is 38.0 Å². The van der Waals surface area contributed by atoms with Crippen LogP contribution in [0.1, 0.15) is 33.9 Å². The normalized spacial score (nSPS) is 12.3. The molecule has 0 bridgehead atoms. The molecule has 0 radical (unpaired) electrons. The van der Waals surface area contributed by atoms with Gasteiger partial charge in [-0.3, -0.25) is 0 Å². The number of methoxy groups -OCH3 is 1. The number of ether oxygens (including phenoxy) is 1. The van der Waals surface area contributed by atoms with Gasteiger partial charge >= 0.3 is 0 Å². The third-order valence-corrected chi connectivity index (χ3v) is 4.87. The minimum absolute atomic E-state index is 0.329. The molecule has 0 fully saturated rings. The number of hydrogen-bond acceptors (Lipinski definition) is 2. The highest BCUT2D eigenvalue weighted by Crippen LogP contribution is 2.39. The van der Waals surface area contributed by atoms with E-state index in [2.05, 4.69) is 15.9 Å². The second-order valence-electron chi connectivity index (χ2n) is 5.25. The highest BCUT2D eigenvalue weighted by molar-refractivity contribution is 9.10. The summed E-state index contributed by atoms with van der Waals surface area (Å²) >= 11 is 9.96. The van der Waals surface area contributed by atoms with Crippen molar-refractivity contribution in [1.29, 1.82) is 0 Å². The Morgan fingerprint density at radius 2 is 1.86 bits per heavy atom. The first kappa shape index (κ1) is 16.3. The molecule has 2 N–H and O–H groups in total. The molecule has 2 aromatic rings. The van der Waals surface area contributed by atoms with E-state index in [9.17, 15) is 0 Å². The lowest BCUT2D eigenvalue weighted by Gasteiger charge is -2.22. The average molecular weight is 369 g/mol. The van der Waals surface area contributed by atoms with Gasteiger partial charge in [0.25, 0.3) is 0 Å². The Morgan fingerprint density at radius 1 is 1.19 bits per heavy atom. The summed E-state index contributed by atoms with van der Waals surface area (Å²) in [6, 6.07) is 7.65. The van der Waals surface area contributed by atoms with E-state index in [1.54, 1.807) is 7.11 Å². The lowest BCUT2D eigenvalue weighted by Crippen LogP contribution is -2.16. The highest BCUT2D eigenvalue weighted by Gasteiger charge is 2.22. The molecule has 112 valence electrons. The predicted molar refractivity (Wildman–Crippen MR) is 92.4 cm³/mol. The number of hydrogen-bond donors (Lipinski definition) is 1. The third kappa shape index (κ3) is 3.10. The van der Waals surface area contributed by atoms with E-state index >= 15 is 0 Å². The summed E-state index contributed by atoms with van der Waals surface area (Å²) in [5, 5.41) is 0.682. The maximum atomic E-state index is 6.50.